The average molecular weight is 311 g/mol. The summed E-state index contributed by atoms with van der Waals surface area (Å²) in [6.45, 7) is 8.83. The van der Waals surface area contributed by atoms with E-state index in [0.717, 1.165) is 23.5 Å². The summed E-state index contributed by atoms with van der Waals surface area (Å²) in [5.74, 6) is -0.0639. The van der Waals surface area contributed by atoms with E-state index in [4.69, 9.17) is 10.5 Å². The smallest absolute Gasteiger partial charge is 0.249 e. The summed E-state index contributed by atoms with van der Waals surface area (Å²) in [5, 5.41) is 5.99. The molecule has 1 aliphatic rings. The van der Waals surface area contributed by atoms with Gasteiger partial charge in [0, 0.05) is 17.3 Å². The molecule has 0 aromatic carbocycles. The van der Waals surface area contributed by atoms with Crippen molar-refractivity contribution in [3.05, 3.63) is 16.1 Å². The van der Waals surface area contributed by atoms with Crippen LogP contribution in [0, 0.1) is 0 Å². The topological polar surface area (TPSA) is 77.2 Å². The van der Waals surface area contributed by atoms with Gasteiger partial charge in [-0.05, 0) is 19.8 Å². The Morgan fingerprint density at radius 3 is 2.81 bits per heavy atom. The molecule has 0 spiro atoms. The van der Waals surface area contributed by atoms with Crippen LogP contribution in [0.5, 0.6) is 0 Å². The molecule has 1 aliphatic heterocycles. The Labute approximate surface area is 130 Å². The van der Waals surface area contributed by atoms with Crippen LogP contribution in [-0.4, -0.2) is 29.6 Å². The van der Waals surface area contributed by atoms with Crippen LogP contribution in [0.1, 0.15) is 57.3 Å². The molecule has 1 unspecified atom stereocenters. The number of nitrogens with two attached hydrogens (primary N) is 1. The molecule has 1 aromatic rings. The van der Waals surface area contributed by atoms with Crippen LogP contribution >= 0.6 is 11.3 Å². The SMILES string of the molecule is CC(NC(=O)[C@@H]1CC[C@H](CN)O1)c1nc(C(C)(C)C)cs1. The van der Waals surface area contributed by atoms with Gasteiger partial charge in [-0.3, -0.25) is 4.79 Å². The Morgan fingerprint density at radius 2 is 2.29 bits per heavy atom. The summed E-state index contributed by atoms with van der Waals surface area (Å²) in [5.41, 5.74) is 6.66. The highest BCUT2D eigenvalue weighted by molar-refractivity contribution is 7.09. The van der Waals surface area contributed by atoms with Crippen molar-refractivity contribution in [3.8, 4) is 0 Å². The van der Waals surface area contributed by atoms with E-state index >= 15 is 0 Å². The van der Waals surface area contributed by atoms with E-state index in [9.17, 15) is 4.79 Å². The number of amides is 1. The number of nitrogens with one attached hydrogen (secondary N) is 1. The van der Waals surface area contributed by atoms with E-state index in [1.807, 2.05) is 6.92 Å². The first kappa shape index (κ1) is 16.4. The zero-order valence-corrected chi connectivity index (χ0v) is 14.0. The van der Waals surface area contributed by atoms with Gasteiger partial charge in [0.05, 0.1) is 17.8 Å². The second-order valence-electron chi connectivity index (χ2n) is 6.61. The summed E-state index contributed by atoms with van der Waals surface area (Å²) >= 11 is 1.59. The third-order valence-electron chi connectivity index (χ3n) is 3.68. The van der Waals surface area contributed by atoms with E-state index in [1.54, 1.807) is 11.3 Å². The van der Waals surface area contributed by atoms with E-state index in [2.05, 4.69) is 36.5 Å². The molecule has 118 valence electrons. The van der Waals surface area contributed by atoms with Crippen molar-refractivity contribution in [3.63, 3.8) is 0 Å². The van der Waals surface area contributed by atoms with Crippen LogP contribution in [-0.2, 0) is 14.9 Å². The molecule has 21 heavy (non-hydrogen) atoms. The van der Waals surface area contributed by atoms with Crippen molar-refractivity contribution < 1.29 is 9.53 Å². The van der Waals surface area contributed by atoms with Gasteiger partial charge in [0.1, 0.15) is 11.1 Å². The predicted octanol–water partition coefficient (Wildman–Crippen LogP) is 2.12. The Kier molecular flexibility index (Phi) is 5.01. The number of hydrogen-bond acceptors (Lipinski definition) is 5. The molecule has 1 aromatic heterocycles. The Morgan fingerprint density at radius 1 is 1.57 bits per heavy atom. The molecule has 0 radical (unpaired) electrons. The number of nitrogens with zero attached hydrogens (tertiary/aromatic N) is 1. The van der Waals surface area contributed by atoms with Gasteiger partial charge < -0.3 is 15.8 Å². The van der Waals surface area contributed by atoms with Crippen LogP contribution in [0.3, 0.4) is 0 Å². The lowest BCUT2D eigenvalue weighted by molar-refractivity contribution is -0.132. The molecular weight excluding hydrogens is 286 g/mol. The second kappa shape index (κ2) is 6.42. The predicted molar refractivity (Wildman–Crippen MR) is 84.3 cm³/mol. The lowest BCUT2D eigenvalue weighted by Crippen LogP contribution is -2.37. The van der Waals surface area contributed by atoms with Crippen LogP contribution in [0.15, 0.2) is 5.38 Å². The van der Waals surface area contributed by atoms with Crippen molar-refractivity contribution >= 4 is 17.2 Å². The highest BCUT2D eigenvalue weighted by Gasteiger charge is 2.31. The maximum absolute atomic E-state index is 12.2. The largest absolute Gasteiger partial charge is 0.364 e. The molecular formula is C15H25N3O2S. The summed E-state index contributed by atoms with van der Waals surface area (Å²) in [7, 11) is 0. The standard InChI is InChI=1S/C15H25N3O2S/c1-9(14-18-12(8-21-14)15(2,3)4)17-13(19)11-6-5-10(7-16)20-11/h8-11H,5-7,16H2,1-4H3,(H,17,19)/t9?,10-,11+/m1/s1. The number of carbonyl (C=O) groups excluding carboxylic acids is 1. The van der Waals surface area contributed by atoms with E-state index in [0.29, 0.717) is 6.54 Å². The number of hydrogen-bond donors (Lipinski definition) is 2. The zero-order chi connectivity index (χ0) is 15.6. The quantitative estimate of drug-likeness (QED) is 0.893. The van der Waals surface area contributed by atoms with Gasteiger partial charge in [0.25, 0.3) is 0 Å². The fourth-order valence-electron chi connectivity index (χ4n) is 2.27. The minimum absolute atomic E-state index is 0.0170. The molecule has 3 N–H and O–H groups in total. The summed E-state index contributed by atoms with van der Waals surface area (Å²) in [4.78, 5) is 16.8. The molecule has 6 heteroatoms. The zero-order valence-electron chi connectivity index (χ0n) is 13.2. The maximum atomic E-state index is 12.2. The molecule has 2 heterocycles. The molecule has 0 bridgehead atoms. The second-order valence-corrected chi connectivity index (χ2v) is 7.50. The number of aromatic nitrogens is 1. The molecule has 1 amide bonds. The summed E-state index contributed by atoms with van der Waals surface area (Å²) in [6, 6.07) is -0.0980. The van der Waals surface area contributed by atoms with Gasteiger partial charge in [0.15, 0.2) is 0 Å². The van der Waals surface area contributed by atoms with Gasteiger partial charge >= 0.3 is 0 Å². The van der Waals surface area contributed by atoms with E-state index < -0.39 is 0 Å². The number of rotatable bonds is 4. The Balaban J connectivity index is 1.93. The minimum atomic E-state index is -0.372. The van der Waals surface area contributed by atoms with Crippen molar-refractivity contribution in [2.75, 3.05) is 6.54 Å². The van der Waals surface area contributed by atoms with Crippen LogP contribution in [0.25, 0.3) is 0 Å². The highest BCUT2D eigenvalue weighted by atomic mass is 32.1. The van der Waals surface area contributed by atoms with Crippen molar-refractivity contribution in [1.82, 2.24) is 10.3 Å². The van der Waals surface area contributed by atoms with Crippen LogP contribution in [0.4, 0.5) is 0 Å². The monoisotopic (exact) mass is 311 g/mol. The van der Waals surface area contributed by atoms with Gasteiger partial charge in [-0.1, -0.05) is 20.8 Å². The minimum Gasteiger partial charge on any atom is -0.364 e. The first-order valence-electron chi connectivity index (χ1n) is 7.43. The molecule has 1 saturated heterocycles. The van der Waals surface area contributed by atoms with Gasteiger partial charge in [-0.2, -0.15) is 0 Å². The number of carbonyl (C=O) groups is 1. The number of ether oxygens (including phenoxy) is 1. The van der Waals surface area contributed by atoms with Crippen molar-refractivity contribution in [1.29, 1.82) is 0 Å². The third-order valence-corrected chi connectivity index (χ3v) is 4.71. The Bertz CT molecular complexity index is 495. The molecule has 2 rings (SSSR count). The summed E-state index contributed by atoms with van der Waals surface area (Å²) < 4.78 is 5.61. The summed E-state index contributed by atoms with van der Waals surface area (Å²) in [6.07, 6.45) is 1.24. The first-order chi connectivity index (χ1) is 9.81. The molecule has 0 aliphatic carbocycles. The first-order valence-corrected chi connectivity index (χ1v) is 8.31. The van der Waals surface area contributed by atoms with Crippen molar-refractivity contribution in [2.45, 2.75) is 64.2 Å². The van der Waals surface area contributed by atoms with Gasteiger partial charge in [0.2, 0.25) is 5.91 Å². The normalized spacial score (nSPS) is 24.0. The van der Waals surface area contributed by atoms with Crippen LogP contribution < -0.4 is 11.1 Å². The average Bonchev–Trinajstić information content (AvgIpc) is 3.07. The van der Waals surface area contributed by atoms with Crippen LogP contribution in [0.2, 0.25) is 0 Å². The Hall–Kier alpha value is -0.980. The van der Waals surface area contributed by atoms with Crippen molar-refractivity contribution in [2.24, 2.45) is 5.73 Å². The van der Waals surface area contributed by atoms with Gasteiger partial charge in [-0.15, -0.1) is 11.3 Å². The van der Waals surface area contributed by atoms with Gasteiger partial charge in [-0.25, -0.2) is 4.98 Å². The molecule has 5 nitrogen and oxygen atoms in total. The van der Waals surface area contributed by atoms with E-state index in [-0.39, 0.29) is 29.6 Å². The lowest BCUT2D eigenvalue weighted by atomic mass is 9.93. The lowest BCUT2D eigenvalue weighted by Gasteiger charge is -2.17. The molecule has 1 fully saturated rings. The fourth-order valence-corrected chi connectivity index (χ4v) is 3.32. The highest BCUT2D eigenvalue weighted by Crippen LogP contribution is 2.27. The molecule has 3 atom stereocenters. The van der Waals surface area contributed by atoms with E-state index in [1.165, 1.54) is 0 Å². The third kappa shape index (κ3) is 4.02. The maximum Gasteiger partial charge on any atom is 0.249 e. The molecule has 0 saturated carbocycles. The number of thiazole rings is 1. The fraction of sp³-hybridized carbons (Fsp3) is 0.733.